The van der Waals surface area contributed by atoms with Crippen LogP contribution in [0.15, 0.2) is 30.5 Å². The van der Waals surface area contributed by atoms with E-state index in [2.05, 4.69) is 34.3 Å². The fourth-order valence-corrected chi connectivity index (χ4v) is 3.86. The molecule has 0 saturated carbocycles. The van der Waals surface area contributed by atoms with Gasteiger partial charge in [-0.15, -0.1) is 11.3 Å². The number of rotatable bonds is 5. The summed E-state index contributed by atoms with van der Waals surface area (Å²) in [6, 6.07) is 8.68. The molecular weight excluding hydrogens is 294 g/mol. The van der Waals surface area contributed by atoms with Gasteiger partial charge in [-0.2, -0.15) is 0 Å². The number of nitrogens with zero attached hydrogens (tertiary/aromatic N) is 2. The summed E-state index contributed by atoms with van der Waals surface area (Å²) in [5.41, 5.74) is 1.26. The Morgan fingerprint density at radius 3 is 3.05 bits per heavy atom. The van der Waals surface area contributed by atoms with Crippen LogP contribution in [-0.4, -0.2) is 36.6 Å². The molecule has 1 aliphatic rings. The summed E-state index contributed by atoms with van der Waals surface area (Å²) >= 11 is 1.83. The SMILES string of the molecule is CCc1ncc(CN2CCNCC2c2ccccc2OC)s1. The number of ether oxygens (including phenoxy) is 1. The number of methoxy groups -OCH3 is 1. The van der Waals surface area contributed by atoms with Crippen LogP contribution >= 0.6 is 11.3 Å². The predicted octanol–water partition coefficient (Wildman–Crippen LogP) is 2.86. The molecule has 1 fully saturated rings. The van der Waals surface area contributed by atoms with E-state index in [0.29, 0.717) is 6.04 Å². The van der Waals surface area contributed by atoms with Crippen LogP contribution in [0.1, 0.15) is 28.4 Å². The van der Waals surface area contributed by atoms with E-state index < -0.39 is 0 Å². The van der Waals surface area contributed by atoms with Crippen LogP contribution in [0.3, 0.4) is 0 Å². The Kier molecular flexibility index (Phi) is 5.08. The van der Waals surface area contributed by atoms with Crippen molar-refractivity contribution < 1.29 is 4.74 Å². The molecule has 5 heteroatoms. The number of aromatic nitrogens is 1. The van der Waals surface area contributed by atoms with Crippen LogP contribution in [-0.2, 0) is 13.0 Å². The zero-order chi connectivity index (χ0) is 15.4. The summed E-state index contributed by atoms with van der Waals surface area (Å²) in [4.78, 5) is 8.36. The van der Waals surface area contributed by atoms with Crippen molar-refractivity contribution in [2.75, 3.05) is 26.7 Å². The first-order valence-corrected chi connectivity index (χ1v) is 8.64. The minimum atomic E-state index is 0.345. The summed E-state index contributed by atoms with van der Waals surface area (Å²) in [6.07, 6.45) is 3.05. The number of piperazine rings is 1. The number of hydrogen-bond donors (Lipinski definition) is 1. The summed E-state index contributed by atoms with van der Waals surface area (Å²) < 4.78 is 5.55. The zero-order valence-corrected chi connectivity index (χ0v) is 14.0. The van der Waals surface area contributed by atoms with Gasteiger partial charge in [-0.1, -0.05) is 25.1 Å². The van der Waals surface area contributed by atoms with Gasteiger partial charge in [0.25, 0.3) is 0 Å². The van der Waals surface area contributed by atoms with Crippen molar-refractivity contribution in [1.82, 2.24) is 15.2 Å². The van der Waals surface area contributed by atoms with Gasteiger partial charge in [0.05, 0.1) is 18.2 Å². The topological polar surface area (TPSA) is 37.4 Å². The Morgan fingerprint density at radius 1 is 1.41 bits per heavy atom. The Balaban J connectivity index is 1.81. The molecule has 3 rings (SSSR count). The van der Waals surface area contributed by atoms with E-state index in [4.69, 9.17) is 4.74 Å². The molecule has 1 saturated heterocycles. The highest BCUT2D eigenvalue weighted by Gasteiger charge is 2.26. The summed E-state index contributed by atoms with van der Waals surface area (Å²) in [5, 5.41) is 4.73. The largest absolute Gasteiger partial charge is 0.496 e. The lowest BCUT2D eigenvalue weighted by Gasteiger charge is -2.36. The van der Waals surface area contributed by atoms with E-state index >= 15 is 0 Å². The lowest BCUT2D eigenvalue weighted by Crippen LogP contribution is -2.45. The smallest absolute Gasteiger partial charge is 0.123 e. The van der Waals surface area contributed by atoms with Gasteiger partial charge < -0.3 is 10.1 Å². The van der Waals surface area contributed by atoms with Gasteiger partial charge in [-0.25, -0.2) is 4.98 Å². The Morgan fingerprint density at radius 2 is 2.27 bits per heavy atom. The van der Waals surface area contributed by atoms with E-state index in [1.165, 1.54) is 15.4 Å². The van der Waals surface area contributed by atoms with Crippen molar-refractivity contribution >= 4 is 11.3 Å². The average molecular weight is 317 g/mol. The van der Waals surface area contributed by atoms with E-state index in [1.807, 2.05) is 29.7 Å². The molecule has 0 radical (unpaired) electrons. The third-order valence-electron chi connectivity index (χ3n) is 4.11. The molecule has 4 nitrogen and oxygen atoms in total. The molecule has 2 heterocycles. The lowest BCUT2D eigenvalue weighted by atomic mass is 10.0. The fourth-order valence-electron chi connectivity index (χ4n) is 2.97. The van der Waals surface area contributed by atoms with Gasteiger partial charge in [-0.05, 0) is 12.5 Å². The van der Waals surface area contributed by atoms with Crippen LogP contribution in [0.25, 0.3) is 0 Å². The molecule has 2 aromatic rings. The second-order valence-electron chi connectivity index (χ2n) is 5.51. The first kappa shape index (κ1) is 15.5. The molecule has 1 aliphatic heterocycles. The van der Waals surface area contributed by atoms with E-state index in [9.17, 15) is 0 Å². The maximum absolute atomic E-state index is 5.55. The highest BCUT2D eigenvalue weighted by molar-refractivity contribution is 7.11. The number of hydrogen-bond acceptors (Lipinski definition) is 5. The fraction of sp³-hybridized carbons (Fsp3) is 0.471. The Labute approximate surface area is 136 Å². The molecule has 118 valence electrons. The third kappa shape index (κ3) is 3.32. The molecule has 22 heavy (non-hydrogen) atoms. The maximum atomic E-state index is 5.55. The highest BCUT2D eigenvalue weighted by Crippen LogP contribution is 2.31. The van der Waals surface area contributed by atoms with E-state index in [-0.39, 0.29) is 0 Å². The Bertz CT molecular complexity index is 613. The standard InChI is InChI=1S/C17H23N3OS/c1-3-17-19-10-13(22-17)12-20-9-8-18-11-15(20)14-6-4-5-7-16(14)21-2/h4-7,10,15,18H,3,8-9,11-12H2,1-2H3. The second-order valence-corrected chi connectivity index (χ2v) is 6.71. The average Bonchev–Trinajstić information content (AvgIpc) is 3.03. The molecule has 1 atom stereocenters. The van der Waals surface area contributed by atoms with Gasteiger partial charge >= 0.3 is 0 Å². The first-order valence-electron chi connectivity index (χ1n) is 7.83. The molecule has 0 aliphatic carbocycles. The van der Waals surface area contributed by atoms with Crippen molar-refractivity contribution in [2.45, 2.75) is 25.9 Å². The Hall–Kier alpha value is -1.43. The molecule has 0 amide bonds. The minimum absolute atomic E-state index is 0.345. The van der Waals surface area contributed by atoms with Gasteiger partial charge in [-0.3, -0.25) is 4.90 Å². The van der Waals surface area contributed by atoms with Crippen molar-refractivity contribution in [3.8, 4) is 5.75 Å². The van der Waals surface area contributed by atoms with Crippen LogP contribution in [0.4, 0.5) is 0 Å². The quantitative estimate of drug-likeness (QED) is 0.920. The number of para-hydroxylation sites is 1. The molecule has 1 N–H and O–H groups in total. The number of benzene rings is 1. The molecule has 1 aromatic carbocycles. The molecule has 1 unspecified atom stereocenters. The molecule has 0 bridgehead atoms. The number of nitrogens with one attached hydrogen (secondary N) is 1. The normalized spacial score (nSPS) is 19.3. The van der Waals surface area contributed by atoms with Gasteiger partial charge in [0.1, 0.15) is 5.75 Å². The predicted molar refractivity (Wildman–Crippen MR) is 90.5 cm³/mol. The maximum Gasteiger partial charge on any atom is 0.123 e. The first-order chi connectivity index (χ1) is 10.8. The van der Waals surface area contributed by atoms with Gasteiger partial charge in [0.15, 0.2) is 0 Å². The van der Waals surface area contributed by atoms with Gasteiger partial charge in [0, 0.05) is 42.8 Å². The monoisotopic (exact) mass is 317 g/mol. The van der Waals surface area contributed by atoms with E-state index in [0.717, 1.165) is 38.3 Å². The zero-order valence-electron chi connectivity index (χ0n) is 13.2. The van der Waals surface area contributed by atoms with Crippen LogP contribution in [0.2, 0.25) is 0 Å². The van der Waals surface area contributed by atoms with Crippen molar-refractivity contribution in [1.29, 1.82) is 0 Å². The van der Waals surface area contributed by atoms with Crippen molar-refractivity contribution in [3.63, 3.8) is 0 Å². The van der Waals surface area contributed by atoms with Crippen molar-refractivity contribution in [3.05, 3.63) is 45.9 Å². The highest BCUT2D eigenvalue weighted by atomic mass is 32.1. The lowest BCUT2D eigenvalue weighted by molar-refractivity contribution is 0.152. The third-order valence-corrected chi connectivity index (χ3v) is 5.24. The van der Waals surface area contributed by atoms with Gasteiger partial charge in [0.2, 0.25) is 0 Å². The number of aryl methyl sites for hydroxylation is 1. The van der Waals surface area contributed by atoms with E-state index in [1.54, 1.807) is 7.11 Å². The number of thiazole rings is 1. The molecule has 0 spiro atoms. The van der Waals surface area contributed by atoms with Crippen molar-refractivity contribution in [2.24, 2.45) is 0 Å². The molecule has 1 aromatic heterocycles. The summed E-state index contributed by atoms with van der Waals surface area (Å²) in [5.74, 6) is 0.972. The van der Waals surface area contributed by atoms with Crippen LogP contribution in [0, 0.1) is 0 Å². The minimum Gasteiger partial charge on any atom is -0.496 e. The van der Waals surface area contributed by atoms with Crippen LogP contribution in [0.5, 0.6) is 5.75 Å². The van der Waals surface area contributed by atoms with Crippen LogP contribution < -0.4 is 10.1 Å². The molecular formula is C17H23N3OS. The summed E-state index contributed by atoms with van der Waals surface area (Å²) in [7, 11) is 1.75. The second kappa shape index (κ2) is 7.22. The summed E-state index contributed by atoms with van der Waals surface area (Å²) in [6.45, 7) is 6.15.